The van der Waals surface area contributed by atoms with Crippen LogP contribution in [0.15, 0.2) is 12.4 Å². The van der Waals surface area contributed by atoms with E-state index in [1.54, 1.807) is 0 Å². The summed E-state index contributed by atoms with van der Waals surface area (Å²) in [5.74, 6) is 0.905. The Morgan fingerprint density at radius 2 is 1.52 bits per heavy atom. The molecule has 0 unspecified atom stereocenters. The van der Waals surface area contributed by atoms with E-state index in [-0.39, 0.29) is 5.41 Å². The van der Waals surface area contributed by atoms with Crippen molar-refractivity contribution in [1.29, 1.82) is 0 Å². The number of hydrogen-bond donors (Lipinski definition) is 0. The van der Waals surface area contributed by atoms with Crippen molar-refractivity contribution in [3.8, 4) is 0 Å². The zero-order valence-corrected chi connectivity index (χ0v) is 13.7. The summed E-state index contributed by atoms with van der Waals surface area (Å²) < 4.78 is 0. The number of nitrogens with zero attached hydrogens (tertiary/aromatic N) is 4. The van der Waals surface area contributed by atoms with Gasteiger partial charge in [0, 0.05) is 31.5 Å². The highest BCUT2D eigenvalue weighted by molar-refractivity contribution is 5.32. The Labute approximate surface area is 128 Å². The van der Waals surface area contributed by atoms with E-state index in [1.807, 2.05) is 12.4 Å². The fourth-order valence-electron chi connectivity index (χ4n) is 3.41. The van der Waals surface area contributed by atoms with Gasteiger partial charge in [-0.3, -0.25) is 0 Å². The van der Waals surface area contributed by atoms with Gasteiger partial charge < -0.3 is 9.80 Å². The molecule has 1 aromatic heterocycles. The molecule has 21 heavy (non-hydrogen) atoms. The summed E-state index contributed by atoms with van der Waals surface area (Å²) in [7, 11) is 0. The predicted octanol–water partition coefficient (Wildman–Crippen LogP) is 2.84. The molecule has 1 aromatic rings. The van der Waals surface area contributed by atoms with Gasteiger partial charge in [0.25, 0.3) is 0 Å². The van der Waals surface area contributed by atoms with E-state index in [4.69, 9.17) is 0 Å². The fraction of sp³-hybridized carbons (Fsp3) is 0.765. The molecule has 0 aromatic carbocycles. The van der Waals surface area contributed by atoms with Gasteiger partial charge >= 0.3 is 0 Å². The molecule has 2 aliphatic rings. The molecular weight excluding hydrogens is 260 g/mol. The largest absolute Gasteiger partial charge is 0.341 e. The van der Waals surface area contributed by atoms with Crippen LogP contribution in [0.2, 0.25) is 0 Å². The zero-order valence-electron chi connectivity index (χ0n) is 13.7. The van der Waals surface area contributed by atoms with Gasteiger partial charge in [0.1, 0.15) is 0 Å². The van der Waals surface area contributed by atoms with E-state index in [0.29, 0.717) is 0 Å². The summed E-state index contributed by atoms with van der Waals surface area (Å²) in [5, 5.41) is 0. The van der Waals surface area contributed by atoms with E-state index >= 15 is 0 Å². The third-order valence-corrected chi connectivity index (χ3v) is 4.91. The van der Waals surface area contributed by atoms with Crippen LogP contribution in [0, 0.1) is 0 Å². The number of likely N-dealkylation sites (tertiary alicyclic amines) is 1. The van der Waals surface area contributed by atoms with Crippen LogP contribution in [0.4, 0.5) is 5.95 Å². The quantitative estimate of drug-likeness (QED) is 0.837. The molecule has 0 amide bonds. The number of aromatic nitrogens is 2. The summed E-state index contributed by atoms with van der Waals surface area (Å²) >= 11 is 0. The van der Waals surface area contributed by atoms with Gasteiger partial charge in [-0.1, -0.05) is 20.8 Å². The first-order valence-corrected chi connectivity index (χ1v) is 8.35. The summed E-state index contributed by atoms with van der Waals surface area (Å²) in [5.41, 5.74) is 1.33. The molecule has 116 valence electrons. The SMILES string of the molecule is CC(C)(C)c1cnc(N2CCC(N3CCCC3)CC2)nc1. The molecule has 2 aliphatic heterocycles. The van der Waals surface area contributed by atoms with Crippen molar-refractivity contribution in [1.82, 2.24) is 14.9 Å². The van der Waals surface area contributed by atoms with E-state index in [0.717, 1.165) is 25.1 Å². The second kappa shape index (κ2) is 5.91. The van der Waals surface area contributed by atoms with Crippen LogP contribution in [0.25, 0.3) is 0 Å². The van der Waals surface area contributed by atoms with Crippen molar-refractivity contribution in [2.24, 2.45) is 0 Å². The number of anilines is 1. The van der Waals surface area contributed by atoms with Crippen LogP contribution < -0.4 is 4.90 Å². The molecule has 0 radical (unpaired) electrons. The van der Waals surface area contributed by atoms with Crippen molar-refractivity contribution in [2.75, 3.05) is 31.1 Å². The normalized spacial score (nSPS) is 22.0. The summed E-state index contributed by atoms with van der Waals surface area (Å²) in [6.07, 6.45) is 9.27. The highest BCUT2D eigenvalue weighted by Crippen LogP contribution is 2.25. The molecular formula is C17H28N4. The highest BCUT2D eigenvalue weighted by Gasteiger charge is 2.27. The second-order valence-electron chi connectivity index (χ2n) is 7.48. The van der Waals surface area contributed by atoms with Crippen molar-refractivity contribution in [3.05, 3.63) is 18.0 Å². The molecule has 0 atom stereocenters. The molecule has 0 bridgehead atoms. The fourth-order valence-corrected chi connectivity index (χ4v) is 3.41. The van der Waals surface area contributed by atoms with Crippen LogP contribution in [-0.4, -0.2) is 47.1 Å². The Bertz CT molecular complexity index is 449. The second-order valence-corrected chi connectivity index (χ2v) is 7.48. The topological polar surface area (TPSA) is 32.3 Å². The van der Waals surface area contributed by atoms with Crippen molar-refractivity contribution in [2.45, 2.75) is 57.9 Å². The lowest BCUT2D eigenvalue weighted by Crippen LogP contribution is -2.44. The van der Waals surface area contributed by atoms with E-state index < -0.39 is 0 Å². The van der Waals surface area contributed by atoms with Crippen LogP contribution in [0.5, 0.6) is 0 Å². The number of hydrogen-bond acceptors (Lipinski definition) is 4. The molecule has 0 N–H and O–H groups in total. The molecule has 0 spiro atoms. The molecule has 3 rings (SSSR count). The molecule has 4 nitrogen and oxygen atoms in total. The summed E-state index contributed by atoms with van der Waals surface area (Å²) in [4.78, 5) is 14.2. The van der Waals surface area contributed by atoms with E-state index in [1.165, 1.54) is 44.3 Å². The third kappa shape index (κ3) is 3.37. The summed E-state index contributed by atoms with van der Waals surface area (Å²) in [6, 6.07) is 0.789. The van der Waals surface area contributed by atoms with Crippen molar-refractivity contribution in [3.63, 3.8) is 0 Å². The molecule has 0 aliphatic carbocycles. The van der Waals surface area contributed by atoms with Gasteiger partial charge in [0.05, 0.1) is 0 Å². The van der Waals surface area contributed by atoms with E-state index in [9.17, 15) is 0 Å². The minimum absolute atomic E-state index is 0.126. The molecule has 3 heterocycles. The minimum atomic E-state index is 0.126. The maximum atomic E-state index is 4.59. The first-order chi connectivity index (χ1) is 10.0. The lowest BCUT2D eigenvalue weighted by molar-refractivity contribution is 0.207. The number of piperidine rings is 1. The lowest BCUT2D eigenvalue weighted by Gasteiger charge is -2.36. The van der Waals surface area contributed by atoms with Crippen molar-refractivity contribution >= 4 is 5.95 Å². The first kappa shape index (κ1) is 14.8. The average Bonchev–Trinajstić information content (AvgIpc) is 3.01. The molecule has 0 saturated carbocycles. The maximum absolute atomic E-state index is 4.59. The third-order valence-electron chi connectivity index (χ3n) is 4.91. The Kier molecular flexibility index (Phi) is 4.16. The smallest absolute Gasteiger partial charge is 0.225 e. The molecule has 2 fully saturated rings. The van der Waals surface area contributed by atoms with Gasteiger partial charge in [-0.2, -0.15) is 0 Å². The Morgan fingerprint density at radius 3 is 2.05 bits per heavy atom. The van der Waals surface area contributed by atoms with Gasteiger partial charge in [-0.05, 0) is 49.8 Å². The number of rotatable bonds is 2. The van der Waals surface area contributed by atoms with Crippen LogP contribution in [-0.2, 0) is 5.41 Å². The Hall–Kier alpha value is -1.16. The average molecular weight is 288 g/mol. The van der Waals surface area contributed by atoms with Crippen molar-refractivity contribution < 1.29 is 0 Å². The van der Waals surface area contributed by atoms with Gasteiger partial charge in [0.15, 0.2) is 0 Å². The first-order valence-electron chi connectivity index (χ1n) is 8.35. The lowest BCUT2D eigenvalue weighted by atomic mass is 9.89. The van der Waals surface area contributed by atoms with Gasteiger partial charge in [-0.25, -0.2) is 9.97 Å². The Balaban J connectivity index is 1.59. The Morgan fingerprint density at radius 1 is 0.952 bits per heavy atom. The monoisotopic (exact) mass is 288 g/mol. The maximum Gasteiger partial charge on any atom is 0.225 e. The summed E-state index contributed by atoms with van der Waals surface area (Å²) in [6.45, 7) is 11.4. The van der Waals surface area contributed by atoms with E-state index in [2.05, 4.69) is 40.5 Å². The van der Waals surface area contributed by atoms with Crippen LogP contribution >= 0.6 is 0 Å². The molecule has 2 saturated heterocycles. The molecule has 4 heteroatoms. The van der Waals surface area contributed by atoms with Crippen LogP contribution in [0.1, 0.15) is 52.0 Å². The van der Waals surface area contributed by atoms with Gasteiger partial charge in [0.2, 0.25) is 5.95 Å². The standard InChI is InChI=1S/C17H28N4/c1-17(2,3)14-12-18-16(19-13-14)21-10-6-15(7-11-21)20-8-4-5-9-20/h12-13,15H,4-11H2,1-3H3. The minimum Gasteiger partial charge on any atom is -0.341 e. The zero-order chi connectivity index (χ0) is 14.9. The predicted molar refractivity (Wildman–Crippen MR) is 86.8 cm³/mol. The highest BCUT2D eigenvalue weighted by atomic mass is 15.3. The van der Waals surface area contributed by atoms with Crippen LogP contribution in [0.3, 0.4) is 0 Å². The van der Waals surface area contributed by atoms with Gasteiger partial charge in [-0.15, -0.1) is 0 Å².